The Hall–Kier alpha value is -1.84. The number of benzene rings is 1. The van der Waals surface area contributed by atoms with E-state index in [1.807, 2.05) is 18.2 Å². The minimum absolute atomic E-state index is 0.0251. The van der Waals surface area contributed by atoms with E-state index in [1.54, 1.807) is 13.8 Å². The summed E-state index contributed by atoms with van der Waals surface area (Å²) in [7, 11) is 0. The molecule has 1 heterocycles. The number of anilines is 1. The minimum atomic E-state index is -0.816. The van der Waals surface area contributed by atoms with Gasteiger partial charge in [0.2, 0.25) is 5.91 Å². The Morgan fingerprint density at radius 1 is 1.39 bits per heavy atom. The van der Waals surface area contributed by atoms with Crippen molar-refractivity contribution in [2.75, 3.05) is 5.32 Å². The second-order valence-electron chi connectivity index (χ2n) is 5.41. The Balaban J connectivity index is 2.24. The van der Waals surface area contributed by atoms with Gasteiger partial charge in [0.15, 0.2) is 0 Å². The van der Waals surface area contributed by atoms with Crippen LogP contribution >= 0.6 is 0 Å². The van der Waals surface area contributed by atoms with Gasteiger partial charge in [0.1, 0.15) is 0 Å². The molecule has 18 heavy (non-hydrogen) atoms. The summed E-state index contributed by atoms with van der Waals surface area (Å²) >= 11 is 0. The molecule has 0 bridgehead atoms. The number of amides is 1. The molecular formula is C14H17NO3. The van der Waals surface area contributed by atoms with Gasteiger partial charge in [-0.25, -0.2) is 0 Å². The molecule has 0 unspecified atom stereocenters. The molecule has 4 nitrogen and oxygen atoms in total. The number of nitrogens with one attached hydrogen (secondary N) is 1. The van der Waals surface area contributed by atoms with Crippen molar-refractivity contribution < 1.29 is 14.7 Å². The van der Waals surface area contributed by atoms with Crippen molar-refractivity contribution >= 4 is 17.6 Å². The highest BCUT2D eigenvalue weighted by Crippen LogP contribution is 2.28. The van der Waals surface area contributed by atoms with E-state index in [0.717, 1.165) is 23.2 Å². The van der Waals surface area contributed by atoms with Gasteiger partial charge in [-0.1, -0.05) is 12.1 Å². The van der Waals surface area contributed by atoms with E-state index in [-0.39, 0.29) is 5.91 Å². The molecule has 96 valence electrons. The van der Waals surface area contributed by atoms with Crippen molar-refractivity contribution in [3.05, 3.63) is 29.3 Å². The fourth-order valence-electron chi connectivity index (χ4n) is 2.11. The molecule has 0 spiro atoms. The van der Waals surface area contributed by atoms with Crippen LogP contribution in [0, 0.1) is 5.41 Å². The number of aryl methyl sites for hydroxylation is 1. The van der Waals surface area contributed by atoms with Crippen LogP contribution in [0.25, 0.3) is 0 Å². The van der Waals surface area contributed by atoms with Crippen LogP contribution < -0.4 is 5.32 Å². The monoisotopic (exact) mass is 247 g/mol. The highest BCUT2D eigenvalue weighted by Gasteiger charge is 2.27. The van der Waals surface area contributed by atoms with Crippen molar-refractivity contribution in [3.8, 4) is 0 Å². The predicted molar refractivity (Wildman–Crippen MR) is 68.5 cm³/mol. The van der Waals surface area contributed by atoms with E-state index in [2.05, 4.69) is 5.32 Å². The molecule has 1 aliphatic rings. The zero-order valence-corrected chi connectivity index (χ0v) is 10.6. The summed E-state index contributed by atoms with van der Waals surface area (Å²) in [6, 6.07) is 5.81. The molecular weight excluding hydrogens is 230 g/mol. The van der Waals surface area contributed by atoms with E-state index in [0.29, 0.717) is 12.8 Å². The number of fused-ring (bicyclic) bond motifs is 1. The fraction of sp³-hybridized carbons (Fsp3) is 0.429. The normalized spacial score (nSPS) is 14.9. The van der Waals surface area contributed by atoms with Crippen molar-refractivity contribution in [3.63, 3.8) is 0 Å². The topological polar surface area (TPSA) is 66.4 Å². The lowest BCUT2D eigenvalue weighted by atomic mass is 9.85. The molecule has 0 saturated heterocycles. The Kier molecular flexibility index (Phi) is 3.11. The molecule has 1 aliphatic heterocycles. The minimum Gasteiger partial charge on any atom is -0.481 e. The molecule has 0 saturated carbocycles. The van der Waals surface area contributed by atoms with Gasteiger partial charge in [-0.2, -0.15) is 0 Å². The third-order valence-electron chi connectivity index (χ3n) is 3.29. The quantitative estimate of drug-likeness (QED) is 0.860. The summed E-state index contributed by atoms with van der Waals surface area (Å²) in [5.74, 6) is -0.790. The van der Waals surface area contributed by atoms with Crippen LogP contribution in [0.15, 0.2) is 18.2 Å². The second kappa shape index (κ2) is 4.44. The van der Waals surface area contributed by atoms with E-state index >= 15 is 0 Å². The third kappa shape index (κ3) is 2.53. The average molecular weight is 247 g/mol. The third-order valence-corrected chi connectivity index (χ3v) is 3.29. The standard InChI is InChI=1S/C14H17NO3/c1-14(2,13(17)18)8-9-3-4-10-5-6-12(16)15-11(10)7-9/h3-4,7H,5-6,8H2,1-2H3,(H,15,16)(H,17,18). The van der Waals surface area contributed by atoms with Crippen LogP contribution in [0.2, 0.25) is 0 Å². The number of hydrogen-bond donors (Lipinski definition) is 2. The lowest BCUT2D eigenvalue weighted by Crippen LogP contribution is -2.26. The van der Waals surface area contributed by atoms with Crippen molar-refractivity contribution in [2.24, 2.45) is 5.41 Å². The highest BCUT2D eigenvalue weighted by molar-refractivity contribution is 5.94. The summed E-state index contributed by atoms with van der Waals surface area (Å²) < 4.78 is 0. The number of aliphatic carboxylic acids is 1. The number of rotatable bonds is 3. The molecule has 1 aromatic rings. The SMILES string of the molecule is CC(C)(Cc1ccc2c(c1)NC(=O)CC2)C(=O)O. The van der Waals surface area contributed by atoms with Gasteiger partial charge in [-0.05, 0) is 43.9 Å². The molecule has 0 aromatic heterocycles. The van der Waals surface area contributed by atoms with Gasteiger partial charge in [0.05, 0.1) is 5.41 Å². The van der Waals surface area contributed by atoms with E-state index < -0.39 is 11.4 Å². The number of carboxylic acid groups (broad SMARTS) is 1. The molecule has 1 amide bonds. The molecule has 1 aromatic carbocycles. The Morgan fingerprint density at radius 3 is 2.78 bits per heavy atom. The van der Waals surface area contributed by atoms with Crippen LogP contribution in [0.1, 0.15) is 31.4 Å². The summed E-state index contributed by atoms with van der Waals surface area (Å²) in [5, 5.41) is 11.9. The number of carboxylic acids is 1. The summed E-state index contributed by atoms with van der Waals surface area (Å²) in [4.78, 5) is 22.4. The largest absolute Gasteiger partial charge is 0.481 e. The maximum Gasteiger partial charge on any atom is 0.309 e. The van der Waals surface area contributed by atoms with E-state index in [4.69, 9.17) is 5.11 Å². The summed E-state index contributed by atoms with van der Waals surface area (Å²) in [6.45, 7) is 3.40. The maximum atomic E-state index is 11.3. The van der Waals surface area contributed by atoms with Gasteiger partial charge in [-0.3, -0.25) is 9.59 Å². The zero-order valence-electron chi connectivity index (χ0n) is 10.6. The highest BCUT2D eigenvalue weighted by atomic mass is 16.4. The van der Waals surface area contributed by atoms with Gasteiger partial charge in [0.25, 0.3) is 0 Å². The van der Waals surface area contributed by atoms with Gasteiger partial charge in [0, 0.05) is 12.1 Å². The zero-order chi connectivity index (χ0) is 13.3. The van der Waals surface area contributed by atoms with Crippen LogP contribution in [-0.4, -0.2) is 17.0 Å². The van der Waals surface area contributed by atoms with Gasteiger partial charge >= 0.3 is 5.97 Å². The predicted octanol–water partition coefficient (Wildman–Crippen LogP) is 2.22. The van der Waals surface area contributed by atoms with Crippen molar-refractivity contribution in [1.29, 1.82) is 0 Å². The molecule has 0 radical (unpaired) electrons. The lowest BCUT2D eigenvalue weighted by Gasteiger charge is -2.22. The first-order valence-electron chi connectivity index (χ1n) is 6.03. The van der Waals surface area contributed by atoms with Crippen molar-refractivity contribution in [2.45, 2.75) is 33.1 Å². The first-order valence-corrected chi connectivity index (χ1v) is 6.03. The number of hydrogen-bond acceptors (Lipinski definition) is 2. The fourth-order valence-corrected chi connectivity index (χ4v) is 2.11. The summed E-state index contributed by atoms with van der Waals surface area (Å²) in [6.07, 6.45) is 1.72. The molecule has 4 heteroatoms. The number of carbonyl (C=O) groups excluding carboxylic acids is 1. The molecule has 2 N–H and O–H groups in total. The maximum absolute atomic E-state index is 11.3. The lowest BCUT2D eigenvalue weighted by molar-refractivity contribution is -0.146. The average Bonchev–Trinajstić information content (AvgIpc) is 2.27. The molecule has 2 rings (SSSR count). The van der Waals surface area contributed by atoms with Crippen LogP contribution in [-0.2, 0) is 22.4 Å². The van der Waals surface area contributed by atoms with Gasteiger partial charge < -0.3 is 10.4 Å². The van der Waals surface area contributed by atoms with E-state index in [9.17, 15) is 9.59 Å². The van der Waals surface area contributed by atoms with Crippen LogP contribution in [0.3, 0.4) is 0 Å². The van der Waals surface area contributed by atoms with E-state index in [1.165, 1.54) is 0 Å². The smallest absolute Gasteiger partial charge is 0.309 e. The Morgan fingerprint density at radius 2 is 2.11 bits per heavy atom. The first kappa shape index (κ1) is 12.6. The molecule has 0 fully saturated rings. The first-order chi connectivity index (χ1) is 8.38. The van der Waals surface area contributed by atoms with Crippen LogP contribution in [0.4, 0.5) is 5.69 Å². The van der Waals surface area contributed by atoms with Crippen molar-refractivity contribution in [1.82, 2.24) is 0 Å². The second-order valence-corrected chi connectivity index (χ2v) is 5.41. The summed E-state index contributed by atoms with van der Waals surface area (Å²) in [5.41, 5.74) is 2.08. The molecule has 0 atom stereocenters. The van der Waals surface area contributed by atoms with Gasteiger partial charge in [-0.15, -0.1) is 0 Å². The van der Waals surface area contributed by atoms with Crippen LogP contribution in [0.5, 0.6) is 0 Å². The Labute approximate surface area is 106 Å². The number of carbonyl (C=O) groups is 2. The Bertz CT molecular complexity index is 506. The molecule has 0 aliphatic carbocycles.